The first-order chi connectivity index (χ1) is 10.1. The maximum atomic E-state index is 6.12. The quantitative estimate of drug-likeness (QED) is 0.627. The van der Waals surface area contributed by atoms with E-state index < -0.39 is 0 Å². The Morgan fingerprint density at radius 1 is 1.19 bits per heavy atom. The lowest BCUT2D eigenvalue weighted by molar-refractivity contribution is 0.135. The van der Waals surface area contributed by atoms with Gasteiger partial charge in [-0.1, -0.05) is 51.6 Å². The van der Waals surface area contributed by atoms with E-state index in [2.05, 4.69) is 32.2 Å². The highest BCUT2D eigenvalue weighted by atomic mass is 16.5. The summed E-state index contributed by atoms with van der Waals surface area (Å²) in [4.78, 5) is 0. The van der Waals surface area contributed by atoms with E-state index in [-0.39, 0.29) is 0 Å². The molecule has 0 spiro atoms. The molecule has 0 atom stereocenters. The van der Waals surface area contributed by atoms with Gasteiger partial charge in [0.25, 0.3) is 0 Å². The highest BCUT2D eigenvalue weighted by Gasteiger charge is 2.19. The number of hydrogen-bond acceptors (Lipinski definition) is 1. The third-order valence-corrected chi connectivity index (χ3v) is 3.97. The van der Waals surface area contributed by atoms with Gasteiger partial charge in [0.15, 0.2) is 0 Å². The molecule has 1 nitrogen and oxygen atoms in total. The predicted molar refractivity (Wildman–Crippen MR) is 94.6 cm³/mol. The summed E-state index contributed by atoms with van der Waals surface area (Å²) in [6, 6.07) is 6.21. The van der Waals surface area contributed by atoms with Crippen molar-refractivity contribution in [1.82, 2.24) is 0 Å². The fourth-order valence-electron chi connectivity index (χ4n) is 2.70. The van der Waals surface area contributed by atoms with Crippen molar-refractivity contribution in [2.45, 2.75) is 59.5 Å². The average Bonchev–Trinajstić information content (AvgIpc) is 2.51. The molecule has 0 radical (unpaired) electrons. The molecule has 0 amide bonds. The van der Waals surface area contributed by atoms with Crippen LogP contribution in [0, 0.1) is 5.92 Å². The standard InChI is InChI=1S/C18H24O.C2H6/c1-5-15-8-11-17(12-18(15)13(2)3)19-16-9-6-14(4)7-10-16;1-2/h5,8,11-12,14,16H,1-2,6-7,9-10H2,3-4H3;1-2H3. The molecule has 1 aromatic carbocycles. The predicted octanol–water partition coefficient (Wildman–Crippen LogP) is 6.35. The summed E-state index contributed by atoms with van der Waals surface area (Å²) in [5.41, 5.74) is 3.31. The molecule has 0 aromatic heterocycles. The van der Waals surface area contributed by atoms with E-state index in [0.29, 0.717) is 6.10 Å². The van der Waals surface area contributed by atoms with Gasteiger partial charge in [-0.3, -0.25) is 0 Å². The van der Waals surface area contributed by atoms with Gasteiger partial charge in [-0.2, -0.15) is 0 Å². The molecule has 0 heterocycles. The van der Waals surface area contributed by atoms with Crippen LogP contribution in [0.3, 0.4) is 0 Å². The van der Waals surface area contributed by atoms with Crippen LogP contribution in [-0.2, 0) is 0 Å². The monoisotopic (exact) mass is 286 g/mol. The normalized spacial score (nSPS) is 21.0. The smallest absolute Gasteiger partial charge is 0.120 e. The topological polar surface area (TPSA) is 9.23 Å². The van der Waals surface area contributed by atoms with Crippen molar-refractivity contribution in [3.63, 3.8) is 0 Å². The maximum absolute atomic E-state index is 6.12. The van der Waals surface area contributed by atoms with Crippen LogP contribution < -0.4 is 4.74 Å². The second-order valence-corrected chi connectivity index (χ2v) is 5.73. The van der Waals surface area contributed by atoms with Gasteiger partial charge in [0, 0.05) is 0 Å². The van der Waals surface area contributed by atoms with Crippen LogP contribution in [0.1, 0.15) is 64.5 Å². The molecular formula is C20H30O. The van der Waals surface area contributed by atoms with Crippen LogP contribution in [0.25, 0.3) is 11.6 Å². The largest absolute Gasteiger partial charge is 0.490 e. The molecule has 0 bridgehead atoms. The van der Waals surface area contributed by atoms with Crippen molar-refractivity contribution in [1.29, 1.82) is 0 Å². The number of allylic oxidation sites excluding steroid dienone is 1. The van der Waals surface area contributed by atoms with Gasteiger partial charge in [-0.15, -0.1) is 0 Å². The van der Waals surface area contributed by atoms with Crippen LogP contribution in [-0.4, -0.2) is 6.10 Å². The van der Waals surface area contributed by atoms with Crippen molar-refractivity contribution in [2.24, 2.45) is 5.92 Å². The molecule has 1 aromatic rings. The van der Waals surface area contributed by atoms with E-state index in [1.807, 2.05) is 32.9 Å². The molecule has 0 N–H and O–H groups in total. The van der Waals surface area contributed by atoms with Crippen LogP contribution >= 0.6 is 0 Å². The third kappa shape index (κ3) is 5.08. The number of benzene rings is 1. The molecule has 0 saturated heterocycles. The van der Waals surface area contributed by atoms with Crippen molar-refractivity contribution < 1.29 is 4.74 Å². The summed E-state index contributed by atoms with van der Waals surface area (Å²) < 4.78 is 6.12. The van der Waals surface area contributed by atoms with Gasteiger partial charge >= 0.3 is 0 Å². The summed E-state index contributed by atoms with van der Waals surface area (Å²) in [6.45, 7) is 16.2. The summed E-state index contributed by atoms with van der Waals surface area (Å²) in [5, 5.41) is 0. The highest BCUT2D eigenvalue weighted by Crippen LogP contribution is 2.29. The Kier molecular flexibility index (Phi) is 7.28. The SMILES string of the molecule is C=Cc1ccc(OC2CCC(C)CC2)cc1C(=C)C.CC. The zero-order chi connectivity index (χ0) is 15.8. The lowest BCUT2D eigenvalue weighted by Crippen LogP contribution is -2.23. The summed E-state index contributed by atoms with van der Waals surface area (Å²) in [7, 11) is 0. The second kappa shape index (κ2) is 8.71. The van der Waals surface area contributed by atoms with Gasteiger partial charge in [0.2, 0.25) is 0 Å². The van der Waals surface area contributed by atoms with E-state index in [0.717, 1.165) is 28.4 Å². The van der Waals surface area contributed by atoms with Gasteiger partial charge < -0.3 is 4.74 Å². The average molecular weight is 286 g/mol. The molecule has 1 heteroatoms. The molecule has 1 fully saturated rings. The second-order valence-electron chi connectivity index (χ2n) is 5.73. The number of rotatable bonds is 4. The molecule has 116 valence electrons. The first kappa shape index (κ1) is 17.6. The summed E-state index contributed by atoms with van der Waals surface area (Å²) >= 11 is 0. The minimum atomic E-state index is 0.378. The Hall–Kier alpha value is -1.50. The van der Waals surface area contributed by atoms with Gasteiger partial charge in [-0.05, 0) is 61.8 Å². The van der Waals surface area contributed by atoms with Crippen molar-refractivity contribution in [2.75, 3.05) is 0 Å². The van der Waals surface area contributed by atoms with Crippen molar-refractivity contribution in [3.05, 3.63) is 42.5 Å². The molecule has 0 unspecified atom stereocenters. The van der Waals surface area contributed by atoms with E-state index in [4.69, 9.17) is 4.74 Å². The maximum Gasteiger partial charge on any atom is 0.120 e. The van der Waals surface area contributed by atoms with Crippen LogP contribution in [0.2, 0.25) is 0 Å². The fraction of sp³-hybridized carbons (Fsp3) is 0.500. The lowest BCUT2D eigenvalue weighted by atomic mass is 9.89. The Balaban J connectivity index is 0.00000106. The lowest BCUT2D eigenvalue weighted by Gasteiger charge is -2.27. The van der Waals surface area contributed by atoms with Gasteiger partial charge in [0.1, 0.15) is 5.75 Å². The Labute approximate surface area is 130 Å². The molecular weight excluding hydrogens is 256 g/mol. The molecule has 2 rings (SSSR count). The van der Waals surface area contributed by atoms with Crippen LogP contribution in [0.4, 0.5) is 0 Å². The minimum absolute atomic E-state index is 0.378. The molecule has 1 saturated carbocycles. The molecule has 0 aliphatic heterocycles. The van der Waals surface area contributed by atoms with Crippen LogP contribution in [0.15, 0.2) is 31.4 Å². The minimum Gasteiger partial charge on any atom is -0.490 e. The summed E-state index contributed by atoms with van der Waals surface area (Å²) in [5.74, 6) is 1.82. The van der Waals surface area contributed by atoms with E-state index in [1.54, 1.807) is 0 Å². The van der Waals surface area contributed by atoms with Gasteiger partial charge in [0.05, 0.1) is 6.10 Å². The first-order valence-electron chi connectivity index (χ1n) is 8.19. The van der Waals surface area contributed by atoms with Crippen molar-refractivity contribution >= 4 is 11.6 Å². The zero-order valence-corrected chi connectivity index (χ0v) is 14.1. The Bertz CT molecular complexity index is 465. The van der Waals surface area contributed by atoms with E-state index in [1.165, 1.54) is 25.7 Å². The fourth-order valence-corrected chi connectivity index (χ4v) is 2.70. The van der Waals surface area contributed by atoms with Gasteiger partial charge in [-0.25, -0.2) is 0 Å². The van der Waals surface area contributed by atoms with Crippen LogP contribution in [0.5, 0.6) is 5.75 Å². The summed E-state index contributed by atoms with van der Waals surface area (Å²) in [6.07, 6.45) is 7.16. The number of ether oxygens (including phenoxy) is 1. The molecule has 1 aliphatic rings. The highest BCUT2D eigenvalue weighted by molar-refractivity contribution is 5.72. The zero-order valence-electron chi connectivity index (χ0n) is 14.1. The Morgan fingerprint density at radius 3 is 2.33 bits per heavy atom. The molecule has 21 heavy (non-hydrogen) atoms. The third-order valence-electron chi connectivity index (χ3n) is 3.97. The van der Waals surface area contributed by atoms with Crippen molar-refractivity contribution in [3.8, 4) is 5.75 Å². The van der Waals surface area contributed by atoms with E-state index >= 15 is 0 Å². The Morgan fingerprint density at radius 2 is 1.81 bits per heavy atom. The molecule has 1 aliphatic carbocycles. The van der Waals surface area contributed by atoms with E-state index in [9.17, 15) is 0 Å². The number of hydrogen-bond donors (Lipinski definition) is 0. The first-order valence-corrected chi connectivity index (χ1v) is 8.19.